The maximum absolute atomic E-state index is 13.2. The Kier molecular flexibility index (Phi) is 6.08. The topological polar surface area (TPSA) is 74.3 Å². The molecule has 170 valence electrons. The Hall–Kier alpha value is -1.47. The van der Waals surface area contributed by atoms with E-state index in [-0.39, 0.29) is 17.2 Å². The van der Waals surface area contributed by atoms with Crippen molar-refractivity contribution in [1.82, 2.24) is 15.2 Å². The van der Waals surface area contributed by atoms with Crippen LogP contribution in [-0.2, 0) is 16.1 Å². The van der Waals surface area contributed by atoms with Crippen LogP contribution in [0.5, 0.6) is 0 Å². The van der Waals surface area contributed by atoms with E-state index < -0.39 is 6.04 Å². The average Bonchev–Trinajstić information content (AvgIpc) is 2.99. The van der Waals surface area contributed by atoms with E-state index in [9.17, 15) is 9.59 Å². The first-order chi connectivity index (χ1) is 15.0. The van der Waals surface area contributed by atoms with Gasteiger partial charge in [-0.1, -0.05) is 12.8 Å². The third-order valence-corrected chi connectivity index (χ3v) is 8.93. The molecule has 1 saturated heterocycles. The Bertz CT molecular complexity index is 779. The number of anilines is 1. The summed E-state index contributed by atoms with van der Waals surface area (Å²) in [7, 11) is 0. The van der Waals surface area contributed by atoms with Crippen molar-refractivity contribution in [3.63, 3.8) is 0 Å². The van der Waals surface area contributed by atoms with Crippen molar-refractivity contribution in [1.29, 1.82) is 0 Å². The molecule has 1 aromatic heterocycles. The molecule has 1 atom stereocenters. The van der Waals surface area contributed by atoms with Gasteiger partial charge >= 0.3 is 0 Å². The molecule has 6 nitrogen and oxygen atoms in total. The van der Waals surface area contributed by atoms with Gasteiger partial charge in [0.15, 0.2) is 5.13 Å². The van der Waals surface area contributed by atoms with Gasteiger partial charge in [-0.05, 0) is 89.1 Å². The van der Waals surface area contributed by atoms with E-state index in [1.807, 2.05) is 5.38 Å². The van der Waals surface area contributed by atoms with Gasteiger partial charge in [0, 0.05) is 17.3 Å². The van der Waals surface area contributed by atoms with Crippen molar-refractivity contribution in [3.05, 3.63) is 11.1 Å². The zero-order chi connectivity index (χ0) is 21.4. The predicted octanol–water partition coefficient (Wildman–Crippen LogP) is 4.18. The number of nitrogens with zero attached hydrogens (tertiary/aromatic N) is 2. The fourth-order valence-corrected chi connectivity index (χ4v) is 7.68. The SMILES string of the molecule is C[C@@H](NC(=O)C12CC3CC(CC(C3)C1)C2)C(=O)Nc1nc(CN2CCCCCC2)cs1. The largest absolute Gasteiger partial charge is 0.344 e. The number of hydrogen-bond donors (Lipinski definition) is 2. The molecule has 31 heavy (non-hydrogen) atoms. The van der Waals surface area contributed by atoms with Crippen molar-refractivity contribution in [2.24, 2.45) is 23.2 Å². The van der Waals surface area contributed by atoms with Gasteiger partial charge < -0.3 is 10.6 Å². The number of carbonyl (C=O) groups excluding carboxylic acids is 2. The van der Waals surface area contributed by atoms with Crippen molar-refractivity contribution in [2.45, 2.75) is 83.7 Å². The highest BCUT2D eigenvalue weighted by Gasteiger charge is 2.54. The summed E-state index contributed by atoms with van der Waals surface area (Å²) in [4.78, 5) is 33.0. The molecule has 2 N–H and O–H groups in total. The normalized spacial score (nSPS) is 33.6. The Morgan fingerprint density at radius 2 is 1.71 bits per heavy atom. The fraction of sp³-hybridized carbons (Fsp3) is 0.792. The summed E-state index contributed by atoms with van der Waals surface area (Å²) >= 11 is 1.47. The molecular weight excluding hydrogens is 408 g/mol. The number of aromatic nitrogens is 1. The van der Waals surface area contributed by atoms with E-state index >= 15 is 0 Å². The molecule has 4 bridgehead atoms. The Morgan fingerprint density at radius 3 is 2.32 bits per heavy atom. The monoisotopic (exact) mass is 444 g/mol. The van der Waals surface area contributed by atoms with Crippen molar-refractivity contribution < 1.29 is 9.59 Å². The number of nitrogens with one attached hydrogen (secondary N) is 2. The first-order valence-corrected chi connectivity index (χ1v) is 13.2. The van der Waals surface area contributed by atoms with Gasteiger partial charge in [-0.2, -0.15) is 0 Å². The highest BCUT2D eigenvalue weighted by molar-refractivity contribution is 7.13. The molecule has 0 aromatic carbocycles. The lowest BCUT2D eigenvalue weighted by molar-refractivity contribution is -0.147. The fourth-order valence-electron chi connectivity index (χ4n) is 6.98. The van der Waals surface area contributed by atoms with Gasteiger partial charge in [0.2, 0.25) is 11.8 Å². The van der Waals surface area contributed by atoms with E-state index in [0.29, 0.717) is 5.13 Å². The lowest BCUT2D eigenvalue weighted by atomic mass is 9.49. The number of likely N-dealkylation sites (tertiary alicyclic amines) is 1. The quantitative estimate of drug-likeness (QED) is 0.690. The van der Waals surface area contributed by atoms with Crippen molar-refractivity contribution in [2.75, 3.05) is 18.4 Å². The molecule has 4 saturated carbocycles. The number of rotatable bonds is 6. The van der Waals surface area contributed by atoms with Gasteiger partial charge in [0.1, 0.15) is 6.04 Å². The summed E-state index contributed by atoms with van der Waals surface area (Å²) in [5.74, 6) is 2.10. The third kappa shape index (κ3) is 4.68. The Balaban J connectivity index is 1.14. The van der Waals surface area contributed by atoms with E-state index in [4.69, 9.17) is 0 Å². The summed E-state index contributed by atoms with van der Waals surface area (Å²) in [6.07, 6.45) is 12.2. The molecule has 4 aliphatic carbocycles. The minimum atomic E-state index is -0.543. The summed E-state index contributed by atoms with van der Waals surface area (Å²) in [5.41, 5.74) is 0.803. The minimum absolute atomic E-state index is 0.107. The molecule has 0 spiro atoms. The molecule has 2 amide bonds. The van der Waals surface area contributed by atoms with Crippen LogP contribution in [0, 0.1) is 23.2 Å². The van der Waals surface area contributed by atoms with Crippen LogP contribution in [0.4, 0.5) is 5.13 Å². The maximum atomic E-state index is 13.2. The highest BCUT2D eigenvalue weighted by Crippen LogP contribution is 2.60. The van der Waals surface area contributed by atoms with Crippen LogP contribution in [0.25, 0.3) is 0 Å². The first-order valence-electron chi connectivity index (χ1n) is 12.3. The Labute approximate surface area is 189 Å². The van der Waals surface area contributed by atoms with Crippen LogP contribution < -0.4 is 10.6 Å². The van der Waals surface area contributed by atoms with E-state index in [2.05, 4.69) is 20.5 Å². The average molecular weight is 445 g/mol. The number of thiazole rings is 1. The summed E-state index contributed by atoms with van der Waals surface area (Å²) in [6.45, 7) is 4.91. The summed E-state index contributed by atoms with van der Waals surface area (Å²) in [5, 5.41) is 8.65. The van der Waals surface area contributed by atoms with Crippen LogP contribution in [0.15, 0.2) is 5.38 Å². The smallest absolute Gasteiger partial charge is 0.248 e. The molecule has 1 aromatic rings. The zero-order valence-corrected chi connectivity index (χ0v) is 19.5. The van der Waals surface area contributed by atoms with E-state index in [1.165, 1.54) is 56.3 Å². The summed E-state index contributed by atoms with van der Waals surface area (Å²) < 4.78 is 0. The molecule has 2 heterocycles. The number of carbonyl (C=O) groups is 2. The van der Waals surface area contributed by atoms with Crippen LogP contribution in [0.1, 0.15) is 76.8 Å². The second-order valence-corrected chi connectivity index (χ2v) is 11.6. The third-order valence-electron chi connectivity index (χ3n) is 8.13. The van der Waals surface area contributed by atoms with Crippen LogP contribution in [-0.4, -0.2) is 40.8 Å². The Morgan fingerprint density at radius 1 is 1.10 bits per heavy atom. The van der Waals surface area contributed by atoms with Gasteiger partial charge in [0.05, 0.1) is 5.69 Å². The van der Waals surface area contributed by atoms with Crippen LogP contribution in [0.3, 0.4) is 0 Å². The van der Waals surface area contributed by atoms with Gasteiger partial charge in [-0.25, -0.2) is 4.98 Å². The van der Waals surface area contributed by atoms with Crippen LogP contribution >= 0.6 is 11.3 Å². The summed E-state index contributed by atoms with van der Waals surface area (Å²) in [6, 6.07) is -0.543. The molecule has 5 fully saturated rings. The standard InChI is InChI=1S/C24H36N4O2S/c1-16(25-22(30)24-11-17-8-18(12-24)10-19(9-17)13-24)21(29)27-23-26-20(15-31-23)14-28-6-4-2-3-5-7-28/h15-19H,2-14H2,1H3,(H,25,30)(H,26,27,29)/t16-,17?,18?,19?,24?/m1/s1. The molecule has 5 aliphatic rings. The van der Waals surface area contributed by atoms with Gasteiger partial charge in [-0.15, -0.1) is 11.3 Å². The molecule has 0 radical (unpaired) electrons. The number of amides is 2. The molecule has 0 unspecified atom stereocenters. The van der Waals surface area contributed by atoms with Crippen molar-refractivity contribution >= 4 is 28.3 Å². The first kappa shape index (κ1) is 21.4. The van der Waals surface area contributed by atoms with Gasteiger partial charge in [0.25, 0.3) is 0 Å². The van der Waals surface area contributed by atoms with E-state index in [1.54, 1.807) is 6.92 Å². The highest BCUT2D eigenvalue weighted by atomic mass is 32.1. The second-order valence-electron chi connectivity index (χ2n) is 10.7. The van der Waals surface area contributed by atoms with E-state index in [0.717, 1.165) is 62.3 Å². The lowest BCUT2D eigenvalue weighted by Crippen LogP contribution is -2.56. The van der Waals surface area contributed by atoms with Gasteiger partial charge in [-0.3, -0.25) is 14.5 Å². The molecular formula is C24H36N4O2S. The lowest BCUT2D eigenvalue weighted by Gasteiger charge is -2.55. The number of hydrogen-bond acceptors (Lipinski definition) is 5. The minimum Gasteiger partial charge on any atom is -0.344 e. The zero-order valence-electron chi connectivity index (χ0n) is 18.7. The molecule has 6 rings (SSSR count). The molecule has 7 heteroatoms. The maximum Gasteiger partial charge on any atom is 0.248 e. The second kappa shape index (κ2) is 8.81. The van der Waals surface area contributed by atoms with Crippen molar-refractivity contribution in [3.8, 4) is 0 Å². The predicted molar refractivity (Wildman–Crippen MR) is 123 cm³/mol. The molecule has 1 aliphatic heterocycles. The van der Waals surface area contributed by atoms with Crippen LogP contribution in [0.2, 0.25) is 0 Å².